The molecule has 0 atom stereocenters. The molecule has 1 aromatic rings. The summed E-state index contributed by atoms with van der Waals surface area (Å²) < 4.78 is 15.6. The van der Waals surface area contributed by atoms with Gasteiger partial charge in [-0.25, -0.2) is 4.79 Å². The lowest BCUT2D eigenvalue weighted by Crippen LogP contribution is -2.43. The Bertz CT molecular complexity index is 378. The molecule has 6 nitrogen and oxygen atoms in total. The van der Waals surface area contributed by atoms with Gasteiger partial charge < -0.3 is 24.3 Å². The Labute approximate surface area is 127 Å². The topological polar surface area (TPSA) is 82.8 Å². The van der Waals surface area contributed by atoms with Crippen LogP contribution in [0.4, 0.5) is 4.79 Å². The molecular formula is C14H26N2O4Si. The van der Waals surface area contributed by atoms with Crippen molar-refractivity contribution in [1.29, 1.82) is 0 Å². The van der Waals surface area contributed by atoms with Gasteiger partial charge in [-0.3, -0.25) is 0 Å². The lowest BCUT2D eigenvalue weighted by atomic mass is 10.2. The number of hydrogen-bond acceptors (Lipinski definition) is 4. The average molecular weight is 314 g/mol. The fourth-order valence-corrected chi connectivity index (χ4v) is 3.33. The minimum absolute atomic E-state index is 0.500. The molecule has 0 saturated heterocycles. The van der Waals surface area contributed by atoms with Gasteiger partial charge in [0.05, 0.1) is 0 Å². The van der Waals surface area contributed by atoms with Crippen molar-refractivity contribution in [3.63, 3.8) is 0 Å². The second-order valence-corrected chi connectivity index (χ2v) is 7.44. The van der Waals surface area contributed by atoms with Gasteiger partial charge in [-0.2, -0.15) is 0 Å². The van der Waals surface area contributed by atoms with Gasteiger partial charge in [-0.15, -0.1) is 0 Å². The highest BCUT2D eigenvalue weighted by Crippen LogP contribution is 2.14. The third kappa shape index (κ3) is 9.19. The Hall–Kier alpha value is -1.41. The Balaban J connectivity index is 0.000000471. The fraction of sp³-hybridized carbons (Fsp3) is 0.500. The van der Waals surface area contributed by atoms with Crippen LogP contribution in [0.1, 0.15) is 12.0 Å². The molecule has 21 heavy (non-hydrogen) atoms. The smallest absolute Gasteiger partial charge is 0.377 e. The van der Waals surface area contributed by atoms with E-state index < -0.39 is 14.8 Å². The highest BCUT2D eigenvalue weighted by Gasteiger charge is 2.36. The summed E-state index contributed by atoms with van der Waals surface area (Å²) >= 11 is 0. The van der Waals surface area contributed by atoms with Crippen molar-refractivity contribution in [1.82, 2.24) is 5.32 Å². The molecule has 0 heterocycles. The number of primary amides is 1. The number of carbonyl (C=O) groups excluding carboxylic acids is 1. The van der Waals surface area contributed by atoms with Gasteiger partial charge in [0.2, 0.25) is 0 Å². The van der Waals surface area contributed by atoms with E-state index in [1.54, 1.807) is 21.3 Å². The van der Waals surface area contributed by atoms with Crippen LogP contribution in [0.15, 0.2) is 30.3 Å². The predicted octanol–water partition coefficient (Wildman–Crippen LogP) is 1.92. The molecule has 0 unspecified atom stereocenters. The maximum atomic E-state index is 10.4. The molecule has 1 rings (SSSR count). The molecule has 0 spiro atoms. The maximum absolute atomic E-state index is 10.4. The van der Waals surface area contributed by atoms with Crippen molar-refractivity contribution in [2.24, 2.45) is 5.73 Å². The Morgan fingerprint density at radius 1 is 1.14 bits per heavy atom. The summed E-state index contributed by atoms with van der Waals surface area (Å²) in [5.74, 6) is 0. The van der Waals surface area contributed by atoms with E-state index in [1.165, 1.54) is 5.56 Å². The summed E-state index contributed by atoms with van der Waals surface area (Å²) in [7, 11) is 2.19. The van der Waals surface area contributed by atoms with Crippen molar-refractivity contribution in [3.8, 4) is 0 Å². The van der Waals surface area contributed by atoms with E-state index >= 15 is 0 Å². The molecule has 0 bridgehead atoms. The van der Waals surface area contributed by atoms with Crippen molar-refractivity contribution >= 4 is 14.8 Å². The number of nitrogens with two attached hydrogens (primary N) is 1. The first-order valence-electron chi connectivity index (χ1n) is 6.70. The lowest BCUT2D eigenvalue weighted by Gasteiger charge is -2.24. The fourth-order valence-electron chi connectivity index (χ4n) is 1.61. The SMILES string of the molecule is CO[Si](CCCNC(N)=O)(OC)OC.Cc1ccccc1. The van der Waals surface area contributed by atoms with Crippen LogP contribution >= 0.6 is 0 Å². The number of benzene rings is 1. The van der Waals surface area contributed by atoms with E-state index in [4.69, 9.17) is 19.0 Å². The van der Waals surface area contributed by atoms with Crippen LogP contribution in [0, 0.1) is 6.92 Å². The molecule has 2 amide bonds. The maximum Gasteiger partial charge on any atom is 0.500 e. The van der Waals surface area contributed by atoms with Crippen LogP contribution < -0.4 is 11.1 Å². The number of amides is 2. The summed E-state index contributed by atoms with van der Waals surface area (Å²) in [5.41, 5.74) is 6.23. The highest BCUT2D eigenvalue weighted by atomic mass is 28.4. The zero-order chi connectivity index (χ0) is 16.1. The first-order chi connectivity index (χ1) is 9.99. The zero-order valence-corrected chi connectivity index (χ0v) is 14.2. The summed E-state index contributed by atoms with van der Waals surface area (Å²) in [6.07, 6.45) is 0.713. The van der Waals surface area contributed by atoms with Crippen molar-refractivity contribution in [2.75, 3.05) is 27.9 Å². The quantitative estimate of drug-likeness (QED) is 0.595. The van der Waals surface area contributed by atoms with Crippen LogP contribution in [0.2, 0.25) is 6.04 Å². The minimum Gasteiger partial charge on any atom is -0.377 e. The number of aryl methyl sites for hydroxylation is 1. The van der Waals surface area contributed by atoms with E-state index in [1.807, 2.05) is 18.2 Å². The van der Waals surface area contributed by atoms with Crippen LogP contribution in [-0.2, 0) is 13.3 Å². The number of nitrogens with one attached hydrogen (secondary N) is 1. The Kier molecular flexibility index (Phi) is 10.5. The zero-order valence-electron chi connectivity index (χ0n) is 13.2. The molecule has 0 fully saturated rings. The molecule has 0 aromatic heterocycles. The Morgan fingerprint density at radius 3 is 2.00 bits per heavy atom. The summed E-state index contributed by atoms with van der Waals surface area (Å²) in [6.45, 7) is 2.58. The highest BCUT2D eigenvalue weighted by molar-refractivity contribution is 6.60. The van der Waals surface area contributed by atoms with E-state index in [9.17, 15) is 4.79 Å². The predicted molar refractivity (Wildman–Crippen MR) is 85.0 cm³/mol. The first-order valence-corrected chi connectivity index (χ1v) is 8.63. The number of carbonyl (C=O) groups is 1. The third-order valence-corrected chi connectivity index (χ3v) is 5.66. The molecule has 3 N–H and O–H groups in total. The molecule has 0 radical (unpaired) electrons. The molecule has 0 aliphatic heterocycles. The van der Waals surface area contributed by atoms with E-state index in [2.05, 4.69) is 24.4 Å². The third-order valence-electron chi connectivity index (χ3n) is 2.83. The number of hydrogen-bond donors (Lipinski definition) is 2. The lowest BCUT2D eigenvalue weighted by molar-refractivity contribution is 0.123. The minimum atomic E-state index is -2.48. The van der Waals surface area contributed by atoms with E-state index in [-0.39, 0.29) is 0 Å². The second-order valence-electron chi connectivity index (χ2n) is 4.34. The molecule has 0 aliphatic carbocycles. The van der Waals surface area contributed by atoms with Crippen LogP contribution in [0.25, 0.3) is 0 Å². The monoisotopic (exact) mass is 314 g/mol. The van der Waals surface area contributed by atoms with Gasteiger partial charge in [0.25, 0.3) is 0 Å². The van der Waals surface area contributed by atoms with Crippen LogP contribution in [0.5, 0.6) is 0 Å². The van der Waals surface area contributed by atoms with Crippen molar-refractivity contribution in [2.45, 2.75) is 19.4 Å². The second kappa shape index (κ2) is 11.3. The number of rotatable bonds is 7. The van der Waals surface area contributed by atoms with Gasteiger partial charge in [-0.1, -0.05) is 35.9 Å². The molecule has 7 heteroatoms. The standard InChI is InChI=1S/C7H18N2O4Si.C7H8/c1-11-14(12-2,13-3)6-4-5-9-7(8)10;1-7-5-3-2-4-6-7/h4-6H2,1-3H3,(H3,8,9,10);2-6H,1H3. The first kappa shape index (κ1) is 19.6. The Morgan fingerprint density at radius 2 is 1.67 bits per heavy atom. The summed E-state index contributed by atoms with van der Waals surface area (Å²) in [4.78, 5) is 10.4. The van der Waals surface area contributed by atoms with Gasteiger partial charge in [0.15, 0.2) is 0 Å². The molecule has 1 aromatic carbocycles. The van der Waals surface area contributed by atoms with Gasteiger partial charge in [0, 0.05) is 33.9 Å². The van der Waals surface area contributed by atoms with Crippen LogP contribution in [-0.4, -0.2) is 42.7 Å². The van der Waals surface area contributed by atoms with Crippen LogP contribution in [0.3, 0.4) is 0 Å². The summed E-state index contributed by atoms with van der Waals surface area (Å²) in [6, 6.07) is 10.4. The average Bonchev–Trinajstić information content (AvgIpc) is 2.49. The van der Waals surface area contributed by atoms with Crippen molar-refractivity contribution < 1.29 is 18.1 Å². The largest absolute Gasteiger partial charge is 0.500 e. The molecular weight excluding hydrogens is 288 g/mol. The van der Waals surface area contributed by atoms with E-state index in [0.29, 0.717) is 19.0 Å². The molecule has 0 aliphatic rings. The van der Waals surface area contributed by atoms with Gasteiger partial charge >= 0.3 is 14.8 Å². The number of urea groups is 1. The van der Waals surface area contributed by atoms with Gasteiger partial charge in [0.1, 0.15) is 0 Å². The molecule has 120 valence electrons. The van der Waals surface area contributed by atoms with E-state index in [0.717, 1.165) is 0 Å². The normalized spacial score (nSPS) is 10.5. The summed E-state index contributed by atoms with van der Waals surface area (Å²) in [5, 5.41) is 2.48. The van der Waals surface area contributed by atoms with Gasteiger partial charge in [-0.05, 0) is 13.3 Å². The van der Waals surface area contributed by atoms with Crippen molar-refractivity contribution in [3.05, 3.63) is 35.9 Å². The molecule has 0 saturated carbocycles.